The standard InChI is InChI=1S/C16H22FNO2/c1-11-8-14(6-7-15(11)17)20-10-16(9-19,12-2-3-12)18-13-4-5-13/h6-8,12-13,18-19H,2-5,9-10H2,1H3. The molecule has 110 valence electrons. The van der Waals surface area contributed by atoms with E-state index in [-0.39, 0.29) is 18.0 Å². The van der Waals surface area contributed by atoms with E-state index in [4.69, 9.17) is 4.74 Å². The highest BCUT2D eigenvalue weighted by molar-refractivity contribution is 5.29. The highest BCUT2D eigenvalue weighted by Gasteiger charge is 2.48. The van der Waals surface area contributed by atoms with Crippen LogP contribution in [0.25, 0.3) is 0 Å². The molecule has 0 saturated heterocycles. The third-order valence-corrected chi connectivity index (χ3v) is 4.34. The van der Waals surface area contributed by atoms with Crippen molar-refractivity contribution in [2.45, 2.75) is 44.2 Å². The number of hydrogen-bond donors (Lipinski definition) is 2. The van der Waals surface area contributed by atoms with E-state index in [1.807, 2.05) is 0 Å². The summed E-state index contributed by atoms with van der Waals surface area (Å²) >= 11 is 0. The average Bonchev–Trinajstić information content (AvgIpc) is 3.31. The van der Waals surface area contributed by atoms with Crippen molar-refractivity contribution in [3.05, 3.63) is 29.6 Å². The van der Waals surface area contributed by atoms with Gasteiger partial charge < -0.3 is 15.2 Å². The first kappa shape index (κ1) is 13.8. The van der Waals surface area contributed by atoms with Gasteiger partial charge in [-0.2, -0.15) is 0 Å². The lowest BCUT2D eigenvalue weighted by Crippen LogP contribution is -2.56. The van der Waals surface area contributed by atoms with Crippen LogP contribution in [-0.4, -0.2) is 29.9 Å². The van der Waals surface area contributed by atoms with E-state index in [9.17, 15) is 9.50 Å². The number of aliphatic hydroxyl groups excluding tert-OH is 1. The fourth-order valence-electron chi connectivity index (χ4n) is 2.69. The van der Waals surface area contributed by atoms with Crippen molar-refractivity contribution in [3.8, 4) is 5.75 Å². The number of benzene rings is 1. The second kappa shape index (κ2) is 5.34. The maximum Gasteiger partial charge on any atom is 0.126 e. The van der Waals surface area contributed by atoms with Gasteiger partial charge in [0.25, 0.3) is 0 Å². The van der Waals surface area contributed by atoms with Gasteiger partial charge in [-0.3, -0.25) is 0 Å². The predicted molar refractivity (Wildman–Crippen MR) is 75.3 cm³/mol. The Morgan fingerprint density at radius 2 is 2.10 bits per heavy atom. The van der Waals surface area contributed by atoms with Gasteiger partial charge in [0.15, 0.2) is 0 Å². The molecule has 1 aromatic rings. The first-order chi connectivity index (χ1) is 9.63. The van der Waals surface area contributed by atoms with Crippen molar-refractivity contribution in [1.82, 2.24) is 5.32 Å². The van der Waals surface area contributed by atoms with Gasteiger partial charge in [-0.15, -0.1) is 0 Å². The quantitative estimate of drug-likeness (QED) is 0.805. The van der Waals surface area contributed by atoms with Crippen LogP contribution >= 0.6 is 0 Å². The molecular weight excluding hydrogens is 257 g/mol. The Bertz CT molecular complexity index is 485. The Morgan fingerprint density at radius 3 is 2.65 bits per heavy atom. The van der Waals surface area contributed by atoms with Crippen molar-refractivity contribution in [3.63, 3.8) is 0 Å². The van der Waals surface area contributed by atoms with Crippen molar-refractivity contribution in [1.29, 1.82) is 0 Å². The van der Waals surface area contributed by atoms with Crippen molar-refractivity contribution < 1.29 is 14.2 Å². The van der Waals surface area contributed by atoms with Crippen LogP contribution < -0.4 is 10.1 Å². The second-order valence-electron chi connectivity index (χ2n) is 6.21. The number of aryl methyl sites for hydroxylation is 1. The first-order valence-corrected chi connectivity index (χ1v) is 7.40. The molecule has 3 nitrogen and oxygen atoms in total. The van der Waals surface area contributed by atoms with E-state index in [0.29, 0.717) is 29.9 Å². The maximum atomic E-state index is 13.2. The Hall–Kier alpha value is -1.13. The molecule has 0 radical (unpaired) electrons. The van der Waals surface area contributed by atoms with E-state index in [1.165, 1.54) is 18.9 Å². The SMILES string of the molecule is Cc1cc(OCC(CO)(NC2CC2)C2CC2)ccc1F. The van der Waals surface area contributed by atoms with Crippen LogP contribution in [0.4, 0.5) is 4.39 Å². The third kappa shape index (κ3) is 2.96. The van der Waals surface area contributed by atoms with Crippen LogP contribution in [0.2, 0.25) is 0 Å². The average molecular weight is 279 g/mol. The van der Waals surface area contributed by atoms with Crippen LogP contribution in [0.3, 0.4) is 0 Å². The molecule has 0 aromatic heterocycles. The lowest BCUT2D eigenvalue weighted by Gasteiger charge is -2.33. The van der Waals surface area contributed by atoms with Crippen molar-refractivity contribution in [2.75, 3.05) is 13.2 Å². The fourth-order valence-corrected chi connectivity index (χ4v) is 2.69. The molecular formula is C16H22FNO2. The van der Waals surface area contributed by atoms with Gasteiger partial charge >= 0.3 is 0 Å². The zero-order chi connectivity index (χ0) is 14.2. The molecule has 2 aliphatic rings. The number of ether oxygens (including phenoxy) is 1. The lowest BCUT2D eigenvalue weighted by molar-refractivity contribution is 0.0831. The third-order valence-electron chi connectivity index (χ3n) is 4.34. The van der Waals surface area contributed by atoms with Gasteiger partial charge in [0, 0.05) is 6.04 Å². The number of halogens is 1. The minimum atomic E-state index is -0.330. The van der Waals surface area contributed by atoms with E-state index in [0.717, 1.165) is 12.8 Å². The van der Waals surface area contributed by atoms with E-state index < -0.39 is 0 Å². The maximum absolute atomic E-state index is 13.2. The Balaban J connectivity index is 1.67. The van der Waals surface area contributed by atoms with E-state index >= 15 is 0 Å². The molecule has 1 aromatic carbocycles. The molecule has 2 aliphatic carbocycles. The van der Waals surface area contributed by atoms with Gasteiger partial charge in [0.05, 0.1) is 12.1 Å². The minimum absolute atomic E-state index is 0.0916. The summed E-state index contributed by atoms with van der Waals surface area (Å²) in [5.74, 6) is 0.943. The lowest BCUT2D eigenvalue weighted by atomic mass is 9.95. The summed E-state index contributed by atoms with van der Waals surface area (Å²) in [5, 5.41) is 13.4. The molecule has 2 N–H and O–H groups in total. The van der Waals surface area contributed by atoms with Crippen LogP contribution in [0, 0.1) is 18.7 Å². The second-order valence-corrected chi connectivity index (χ2v) is 6.21. The minimum Gasteiger partial charge on any atom is -0.492 e. The van der Waals surface area contributed by atoms with Crippen LogP contribution in [0.15, 0.2) is 18.2 Å². The normalized spacial score (nSPS) is 21.6. The first-order valence-electron chi connectivity index (χ1n) is 7.40. The molecule has 1 atom stereocenters. The zero-order valence-corrected chi connectivity index (χ0v) is 11.9. The summed E-state index contributed by atoms with van der Waals surface area (Å²) < 4.78 is 19.1. The molecule has 2 fully saturated rings. The van der Waals surface area contributed by atoms with Gasteiger partial charge in [-0.25, -0.2) is 4.39 Å². The largest absolute Gasteiger partial charge is 0.492 e. The zero-order valence-electron chi connectivity index (χ0n) is 11.9. The Kier molecular flexibility index (Phi) is 3.69. The molecule has 0 aliphatic heterocycles. The van der Waals surface area contributed by atoms with Gasteiger partial charge in [-0.05, 0) is 62.3 Å². The van der Waals surface area contributed by atoms with Gasteiger partial charge in [-0.1, -0.05) is 0 Å². The number of nitrogens with one attached hydrogen (secondary N) is 1. The smallest absolute Gasteiger partial charge is 0.126 e. The highest BCUT2D eigenvalue weighted by atomic mass is 19.1. The summed E-state index contributed by atoms with van der Waals surface area (Å²) in [7, 11) is 0. The molecule has 4 heteroatoms. The van der Waals surface area contributed by atoms with Crippen LogP contribution in [0.1, 0.15) is 31.2 Å². The molecule has 1 unspecified atom stereocenters. The number of aliphatic hydroxyl groups is 1. The van der Waals surface area contributed by atoms with Crippen LogP contribution in [-0.2, 0) is 0 Å². The Morgan fingerprint density at radius 1 is 1.35 bits per heavy atom. The van der Waals surface area contributed by atoms with Crippen LogP contribution in [0.5, 0.6) is 5.75 Å². The Labute approximate surface area is 119 Å². The summed E-state index contributed by atoms with van der Waals surface area (Å²) in [6.45, 7) is 2.26. The number of rotatable bonds is 7. The summed E-state index contributed by atoms with van der Waals surface area (Å²) in [5.41, 5.74) is 0.252. The summed E-state index contributed by atoms with van der Waals surface area (Å²) in [6, 6.07) is 5.31. The molecule has 0 bridgehead atoms. The van der Waals surface area contributed by atoms with Gasteiger partial charge in [0.1, 0.15) is 18.2 Å². The summed E-state index contributed by atoms with van der Waals surface area (Å²) in [6.07, 6.45) is 4.66. The predicted octanol–water partition coefficient (Wildman–Crippen LogP) is 2.41. The topological polar surface area (TPSA) is 41.5 Å². The van der Waals surface area contributed by atoms with E-state index in [1.54, 1.807) is 19.1 Å². The molecule has 3 rings (SSSR count). The summed E-state index contributed by atoms with van der Waals surface area (Å²) in [4.78, 5) is 0. The molecule has 0 spiro atoms. The number of hydrogen-bond acceptors (Lipinski definition) is 3. The van der Waals surface area contributed by atoms with E-state index in [2.05, 4.69) is 5.32 Å². The van der Waals surface area contributed by atoms with Crippen molar-refractivity contribution >= 4 is 0 Å². The molecule has 2 saturated carbocycles. The molecule has 0 heterocycles. The fraction of sp³-hybridized carbons (Fsp3) is 0.625. The monoisotopic (exact) mass is 279 g/mol. The van der Waals surface area contributed by atoms with Crippen molar-refractivity contribution in [2.24, 2.45) is 5.92 Å². The molecule has 20 heavy (non-hydrogen) atoms. The van der Waals surface area contributed by atoms with Gasteiger partial charge in [0.2, 0.25) is 0 Å². The molecule has 0 amide bonds. The highest BCUT2D eigenvalue weighted by Crippen LogP contribution is 2.41.